The summed E-state index contributed by atoms with van der Waals surface area (Å²) in [4.78, 5) is 3.19. The lowest BCUT2D eigenvalue weighted by Crippen LogP contribution is -2.33. The maximum Gasteiger partial charge on any atom is 0.0561 e. The third kappa shape index (κ3) is 1.07. The zero-order valence-electron chi connectivity index (χ0n) is 6.64. The fourth-order valence-corrected chi connectivity index (χ4v) is 1.92. The Morgan fingerprint density at radius 3 is 2.64 bits per heavy atom. The topological polar surface area (TPSA) is 41.8 Å². The van der Waals surface area contributed by atoms with Crippen LogP contribution in [0.15, 0.2) is 18.3 Å². The van der Waals surface area contributed by atoms with E-state index in [9.17, 15) is 0 Å². The highest BCUT2D eigenvalue weighted by molar-refractivity contribution is 5.16. The fraction of sp³-hybridized carbons (Fsp3) is 0.556. The van der Waals surface area contributed by atoms with Gasteiger partial charge in [-0.1, -0.05) is 12.8 Å². The summed E-state index contributed by atoms with van der Waals surface area (Å²) in [5.41, 5.74) is 7.36. The van der Waals surface area contributed by atoms with Crippen LogP contribution in [0.5, 0.6) is 0 Å². The van der Waals surface area contributed by atoms with Crippen molar-refractivity contribution in [2.75, 3.05) is 0 Å². The minimum atomic E-state index is -0.0382. The second kappa shape index (κ2) is 2.38. The molecule has 1 aromatic rings. The van der Waals surface area contributed by atoms with Gasteiger partial charge in [-0.25, -0.2) is 0 Å². The van der Waals surface area contributed by atoms with E-state index in [0.29, 0.717) is 0 Å². The van der Waals surface area contributed by atoms with Gasteiger partial charge in [0.15, 0.2) is 0 Å². The number of H-pyrrole nitrogens is 1. The molecule has 60 valence electrons. The summed E-state index contributed by atoms with van der Waals surface area (Å²) in [6.45, 7) is 0. The van der Waals surface area contributed by atoms with E-state index in [1.807, 2.05) is 12.3 Å². The molecule has 2 nitrogen and oxygen atoms in total. The number of hydrogen-bond acceptors (Lipinski definition) is 1. The van der Waals surface area contributed by atoms with Crippen LogP contribution in [0.1, 0.15) is 31.4 Å². The van der Waals surface area contributed by atoms with Crippen molar-refractivity contribution in [3.8, 4) is 0 Å². The third-order valence-corrected chi connectivity index (χ3v) is 2.63. The van der Waals surface area contributed by atoms with Crippen molar-refractivity contribution in [3.05, 3.63) is 24.0 Å². The molecule has 1 aliphatic rings. The first kappa shape index (κ1) is 6.92. The van der Waals surface area contributed by atoms with Crippen LogP contribution in [0.25, 0.3) is 0 Å². The van der Waals surface area contributed by atoms with Crippen molar-refractivity contribution in [1.82, 2.24) is 4.98 Å². The molecule has 0 atom stereocenters. The van der Waals surface area contributed by atoms with Crippen molar-refractivity contribution < 1.29 is 0 Å². The second-order valence-electron chi connectivity index (χ2n) is 3.45. The van der Waals surface area contributed by atoms with E-state index in [2.05, 4.69) is 11.1 Å². The standard InChI is InChI=1S/C9H14N2/c10-9(5-1-2-6-9)8-4-3-7-11-8/h3-4,7,11H,1-2,5-6,10H2. The lowest BCUT2D eigenvalue weighted by atomic mass is 9.95. The molecular weight excluding hydrogens is 136 g/mol. The van der Waals surface area contributed by atoms with E-state index in [0.717, 1.165) is 12.8 Å². The van der Waals surface area contributed by atoms with Crippen LogP contribution in [0.4, 0.5) is 0 Å². The molecule has 11 heavy (non-hydrogen) atoms. The van der Waals surface area contributed by atoms with Crippen LogP contribution in [0, 0.1) is 0 Å². The zero-order chi connectivity index (χ0) is 7.73. The molecule has 0 aliphatic heterocycles. The van der Waals surface area contributed by atoms with Crippen LogP contribution in [0.3, 0.4) is 0 Å². The molecule has 0 unspecified atom stereocenters. The van der Waals surface area contributed by atoms with Crippen molar-refractivity contribution in [1.29, 1.82) is 0 Å². The van der Waals surface area contributed by atoms with E-state index < -0.39 is 0 Å². The Hall–Kier alpha value is -0.760. The minimum Gasteiger partial charge on any atom is -0.363 e. The quantitative estimate of drug-likeness (QED) is 0.629. The predicted octanol–water partition coefficient (Wildman–Crippen LogP) is 1.74. The molecule has 1 saturated carbocycles. The van der Waals surface area contributed by atoms with Gasteiger partial charge in [-0.15, -0.1) is 0 Å². The smallest absolute Gasteiger partial charge is 0.0561 e. The maximum absolute atomic E-state index is 6.19. The Bertz CT molecular complexity index is 220. The highest BCUT2D eigenvalue weighted by atomic mass is 14.8. The van der Waals surface area contributed by atoms with Gasteiger partial charge in [-0.3, -0.25) is 0 Å². The molecule has 0 saturated heterocycles. The average molecular weight is 150 g/mol. The molecule has 1 heterocycles. The lowest BCUT2D eigenvalue weighted by molar-refractivity contribution is 0.449. The molecule has 0 radical (unpaired) electrons. The van der Waals surface area contributed by atoms with Gasteiger partial charge in [0.25, 0.3) is 0 Å². The Labute approximate surface area is 66.8 Å². The van der Waals surface area contributed by atoms with Gasteiger partial charge < -0.3 is 10.7 Å². The first-order valence-electron chi connectivity index (χ1n) is 4.24. The molecule has 0 spiro atoms. The second-order valence-corrected chi connectivity index (χ2v) is 3.45. The molecule has 1 aromatic heterocycles. The summed E-state index contributed by atoms with van der Waals surface area (Å²) < 4.78 is 0. The fourth-order valence-electron chi connectivity index (χ4n) is 1.92. The molecule has 0 aromatic carbocycles. The predicted molar refractivity (Wildman–Crippen MR) is 45.1 cm³/mol. The van der Waals surface area contributed by atoms with Crippen LogP contribution in [0.2, 0.25) is 0 Å². The monoisotopic (exact) mass is 150 g/mol. The first-order chi connectivity index (χ1) is 5.31. The van der Waals surface area contributed by atoms with Crippen molar-refractivity contribution in [3.63, 3.8) is 0 Å². The maximum atomic E-state index is 6.19. The Balaban J connectivity index is 2.27. The van der Waals surface area contributed by atoms with Gasteiger partial charge in [-0.2, -0.15) is 0 Å². The first-order valence-corrected chi connectivity index (χ1v) is 4.24. The number of aromatic amines is 1. The normalized spacial score (nSPS) is 22.3. The summed E-state index contributed by atoms with van der Waals surface area (Å²) in [6, 6.07) is 4.10. The molecule has 1 fully saturated rings. The van der Waals surface area contributed by atoms with Gasteiger partial charge in [-0.05, 0) is 25.0 Å². The Morgan fingerprint density at radius 2 is 2.09 bits per heavy atom. The molecule has 1 aliphatic carbocycles. The minimum absolute atomic E-state index is 0.0382. The van der Waals surface area contributed by atoms with Gasteiger partial charge in [0, 0.05) is 11.9 Å². The average Bonchev–Trinajstić information content (AvgIpc) is 2.55. The molecule has 3 N–H and O–H groups in total. The summed E-state index contributed by atoms with van der Waals surface area (Å²) in [7, 11) is 0. The Morgan fingerprint density at radius 1 is 1.36 bits per heavy atom. The van der Waals surface area contributed by atoms with E-state index in [-0.39, 0.29) is 5.54 Å². The van der Waals surface area contributed by atoms with Crippen molar-refractivity contribution >= 4 is 0 Å². The van der Waals surface area contributed by atoms with E-state index >= 15 is 0 Å². The lowest BCUT2D eigenvalue weighted by Gasteiger charge is -2.21. The third-order valence-electron chi connectivity index (χ3n) is 2.63. The number of hydrogen-bond donors (Lipinski definition) is 2. The summed E-state index contributed by atoms with van der Waals surface area (Å²) in [6.07, 6.45) is 6.76. The van der Waals surface area contributed by atoms with E-state index in [1.165, 1.54) is 18.5 Å². The SMILES string of the molecule is NC1(c2ccc[nH]2)CCCC1. The van der Waals surface area contributed by atoms with E-state index in [4.69, 9.17) is 5.73 Å². The number of nitrogens with two attached hydrogens (primary N) is 1. The van der Waals surface area contributed by atoms with Gasteiger partial charge >= 0.3 is 0 Å². The molecular formula is C9H14N2. The van der Waals surface area contributed by atoms with E-state index in [1.54, 1.807) is 0 Å². The van der Waals surface area contributed by atoms with Crippen LogP contribution in [-0.4, -0.2) is 4.98 Å². The van der Waals surface area contributed by atoms with Gasteiger partial charge in [0.05, 0.1) is 5.54 Å². The highest BCUT2D eigenvalue weighted by Crippen LogP contribution is 2.34. The van der Waals surface area contributed by atoms with Crippen LogP contribution in [-0.2, 0) is 5.54 Å². The largest absolute Gasteiger partial charge is 0.363 e. The summed E-state index contributed by atoms with van der Waals surface area (Å²) in [5.74, 6) is 0. The zero-order valence-corrected chi connectivity index (χ0v) is 6.64. The molecule has 2 rings (SSSR count). The number of aromatic nitrogens is 1. The Kier molecular flexibility index (Phi) is 1.50. The van der Waals surface area contributed by atoms with Crippen molar-refractivity contribution in [2.45, 2.75) is 31.2 Å². The van der Waals surface area contributed by atoms with Crippen LogP contribution < -0.4 is 5.73 Å². The molecule has 0 amide bonds. The van der Waals surface area contributed by atoms with Gasteiger partial charge in [0.2, 0.25) is 0 Å². The summed E-state index contributed by atoms with van der Waals surface area (Å²) >= 11 is 0. The number of rotatable bonds is 1. The molecule has 2 heteroatoms. The van der Waals surface area contributed by atoms with Crippen LogP contribution >= 0.6 is 0 Å². The highest BCUT2D eigenvalue weighted by Gasteiger charge is 2.31. The van der Waals surface area contributed by atoms with Crippen molar-refractivity contribution in [2.24, 2.45) is 5.73 Å². The summed E-state index contributed by atoms with van der Waals surface area (Å²) in [5, 5.41) is 0. The number of nitrogens with one attached hydrogen (secondary N) is 1. The van der Waals surface area contributed by atoms with Gasteiger partial charge in [0.1, 0.15) is 0 Å². The molecule has 0 bridgehead atoms.